The molecule has 1 aromatic carbocycles. The van der Waals surface area contributed by atoms with Crippen LogP contribution in [0.4, 0.5) is 0 Å². The number of amides is 2. The average Bonchev–Trinajstić information content (AvgIpc) is 2.50. The number of rotatable bonds is 8. The number of benzene rings is 1. The molecule has 1 atom stereocenters. The minimum Gasteiger partial charge on any atom is -0.480 e. The van der Waals surface area contributed by atoms with Crippen LogP contribution in [0, 0.1) is 0 Å². The summed E-state index contributed by atoms with van der Waals surface area (Å²) in [6, 6.07) is 5.84. The van der Waals surface area contributed by atoms with Crippen molar-refractivity contribution in [2.45, 2.75) is 26.5 Å². The van der Waals surface area contributed by atoms with Gasteiger partial charge in [-0.1, -0.05) is 12.1 Å². The largest absolute Gasteiger partial charge is 0.480 e. The maximum Gasteiger partial charge on any atom is 0.326 e. The van der Waals surface area contributed by atoms with Gasteiger partial charge in [0, 0.05) is 32.7 Å². The summed E-state index contributed by atoms with van der Waals surface area (Å²) in [6.45, 7) is 3.46. The first-order chi connectivity index (χ1) is 10.9. The molecule has 23 heavy (non-hydrogen) atoms. The Kier molecular flexibility index (Phi) is 7.21. The molecule has 1 rings (SSSR count). The molecule has 0 spiro atoms. The van der Waals surface area contributed by atoms with E-state index in [0.29, 0.717) is 12.2 Å². The fourth-order valence-corrected chi connectivity index (χ4v) is 2.08. The first-order valence-electron chi connectivity index (χ1n) is 7.23. The minimum absolute atomic E-state index is 0.111. The molecule has 2 N–H and O–H groups in total. The Hall–Kier alpha value is -2.41. The lowest BCUT2D eigenvalue weighted by molar-refractivity contribution is -0.141. The van der Waals surface area contributed by atoms with Crippen LogP contribution in [0.5, 0.6) is 0 Å². The first kappa shape index (κ1) is 18.6. The van der Waals surface area contributed by atoms with E-state index in [0.717, 1.165) is 5.56 Å². The number of nitrogens with one attached hydrogen (secondary N) is 1. The van der Waals surface area contributed by atoms with E-state index in [2.05, 4.69) is 5.32 Å². The van der Waals surface area contributed by atoms with E-state index in [1.54, 1.807) is 25.3 Å². The molecule has 0 heterocycles. The molecular formula is C16H22N2O5. The van der Waals surface area contributed by atoms with Gasteiger partial charge in [0.05, 0.1) is 6.61 Å². The molecule has 2 amide bonds. The SMILES string of the molecule is COCc1cccc(C(=O)N(CCNC(C)=O)C(C)C(=O)O)c1. The average molecular weight is 322 g/mol. The second kappa shape index (κ2) is 8.89. The maximum atomic E-state index is 12.6. The van der Waals surface area contributed by atoms with E-state index in [9.17, 15) is 19.5 Å². The molecular weight excluding hydrogens is 300 g/mol. The predicted molar refractivity (Wildman–Crippen MR) is 84.0 cm³/mol. The highest BCUT2D eigenvalue weighted by atomic mass is 16.5. The van der Waals surface area contributed by atoms with Crippen molar-refractivity contribution in [3.05, 3.63) is 35.4 Å². The molecule has 0 bridgehead atoms. The molecule has 7 heteroatoms. The number of carbonyl (C=O) groups is 3. The van der Waals surface area contributed by atoms with Crippen LogP contribution in [0.15, 0.2) is 24.3 Å². The molecule has 1 unspecified atom stereocenters. The molecule has 0 aliphatic heterocycles. The van der Waals surface area contributed by atoms with Crippen molar-refractivity contribution in [3.8, 4) is 0 Å². The van der Waals surface area contributed by atoms with Crippen molar-refractivity contribution >= 4 is 17.8 Å². The number of carboxylic acid groups (broad SMARTS) is 1. The summed E-state index contributed by atoms with van der Waals surface area (Å²) < 4.78 is 5.03. The highest BCUT2D eigenvalue weighted by Gasteiger charge is 2.26. The van der Waals surface area contributed by atoms with E-state index < -0.39 is 17.9 Å². The van der Waals surface area contributed by atoms with Crippen molar-refractivity contribution in [1.29, 1.82) is 0 Å². The summed E-state index contributed by atoms with van der Waals surface area (Å²) >= 11 is 0. The predicted octanol–water partition coefficient (Wildman–Crippen LogP) is 0.884. The number of nitrogens with zero attached hydrogens (tertiary/aromatic N) is 1. The quantitative estimate of drug-likeness (QED) is 0.741. The van der Waals surface area contributed by atoms with Gasteiger partial charge in [-0.3, -0.25) is 9.59 Å². The number of methoxy groups -OCH3 is 1. The molecule has 0 aliphatic rings. The standard InChI is InChI=1S/C16H22N2O5/c1-11(16(21)22)18(8-7-17-12(2)19)15(20)14-6-4-5-13(9-14)10-23-3/h4-6,9,11H,7-8,10H2,1-3H3,(H,17,19)(H,21,22). The Morgan fingerprint density at radius 1 is 1.35 bits per heavy atom. The highest BCUT2D eigenvalue weighted by molar-refractivity contribution is 5.96. The van der Waals surface area contributed by atoms with Crippen LogP contribution in [0.1, 0.15) is 29.8 Å². The summed E-state index contributed by atoms with van der Waals surface area (Å²) in [5.41, 5.74) is 1.21. The van der Waals surface area contributed by atoms with E-state index in [-0.39, 0.29) is 19.0 Å². The van der Waals surface area contributed by atoms with E-state index in [1.807, 2.05) is 6.07 Å². The van der Waals surface area contributed by atoms with Gasteiger partial charge < -0.3 is 20.1 Å². The number of hydrogen-bond donors (Lipinski definition) is 2. The number of aliphatic carboxylic acids is 1. The fourth-order valence-electron chi connectivity index (χ4n) is 2.08. The Labute approximate surface area is 135 Å². The van der Waals surface area contributed by atoms with Crippen molar-refractivity contribution in [2.75, 3.05) is 20.2 Å². The normalized spacial score (nSPS) is 11.6. The Bertz CT molecular complexity index is 573. The smallest absolute Gasteiger partial charge is 0.326 e. The minimum atomic E-state index is -1.10. The molecule has 1 aromatic rings. The summed E-state index contributed by atoms with van der Waals surface area (Å²) in [4.78, 5) is 36.0. The second-order valence-electron chi connectivity index (χ2n) is 5.13. The Balaban J connectivity index is 2.95. The lowest BCUT2D eigenvalue weighted by Gasteiger charge is -2.27. The molecule has 126 valence electrons. The van der Waals surface area contributed by atoms with Crippen LogP contribution in [0.25, 0.3) is 0 Å². The topological polar surface area (TPSA) is 95.9 Å². The van der Waals surface area contributed by atoms with E-state index in [1.165, 1.54) is 18.7 Å². The van der Waals surface area contributed by atoms with Crippen molar-refractivity contribution in [2.24, 2.45) is 0 Å². The van der Waals surface area contributed by atoms with Gasteiger partial charge in [-0.15, -0.1) is 0 Å². The summed E-state index contributed by atoms with van der Waals surface area (Å²) in [5, 5.41) is 11.8. The monoisotopic (exact) mass is 322 g/mol. The summed E-state index contributed by atoms with van der Waals surface area (Å²) in [6.07, 6.45) is 0. The molecule has 0 saturated carbocycles. The van der Waals surface area contributed by atoms with Crippen LogP contribution in [-0.2, 0) is 20.9 Å². The van der Waals surface area contributed by atoms with Crippen molar-refractivity contribution in [1.82, 2.24) is 10.2 Å². The third-order valence-electron chi connectivity index (χ3n) is 3.30. The van der Waals surface area contributed by atoms with Crippen molar-refractivity contribution < 1.29 is 24.2 Å². The Morgan fingerprint density at radius 3 is 2.61 bits per heavy atom. The number of ether oxygens (including phenoxy) is 1. The Morgan fingerprint density at radius 2 is 2.04 bits per heavy atom. The van der Waals surface area contributed by atoms with Crippen LogP contribution in [0.2, 0.25) is 0 Å². The third kappa shape index (κ3) is 5.71. The molecule has 0 saturated heterocycles. The third-order valence-corrected chi connectivity index (χ3v) is 3.30. The zero-order valence-corrected chi connectivity index (χ0v) is 13.5. The molecule has 0 aromatic heterocycles. The van der Waals surface area contributed by atoms with E-state index >= 15 is 0 Å². The van der Waals surface area contributed by atoms with Gasteiger partial charge in [-0.05, 0) is 24.6 Å². The van der Waals surface area contributed by atoms with E-state index in [4.69, 9.17) is 4.74 Å². The fraction of sp³-hybridized carbons (Fsp3) is 0.438. The van der Waals surface area contributed by atoms with Gasteiger partial charge in [0.15, 0.2) is 0 Å². The van der Waals surface area contributed by atoms with Gasteiger partial charge in [0.25, 0.3) is 5.91 Å². The zero-order chi connectivity index (χ0) is 17.4. The van der Waals surface area contributed by atoms with Crippen LogP contribution in [-0.4, -0.2) is 54.0 Å². The molecule has 0 fully saturated rings. The van der Waals surface area contributed by atoms with Gasteiger partial charge in [0.2, 0.25) is 5.91 Å². The highest BCUT2D eigenvalue weighted by Crippen LogP contribution is 2.12. The van der Waals surface area contributed by atoms with Gasteiger partial charge >= 0.3 is 5.97 Å². The second-order valence-corrected chi connectivity index (χ2v) is 5.13. The zero-order valence-electron chi connectivity index (χ0n) is 13.5. The van der Waals surface area contributed by atoms with Crippen molar-refractivity contribution in [3.63, 3.8) is 0 Å². The van der Waals surface area contributed by atoms with Gasteiger partial charge in [-0.2, -0.15) is 0 Å². The van der Waals surface area contributed by atoms with Crippen LogP contribution >= 0.6 is 0 Å². The molecule has 0 aliphatic carbocycles. The molecule has 0 radical (unpaired) electrons. The van der Waals surface area contributed by atoms with Gasteiger partial charge in [-0.25, -0.2) is 4.79 Å². The number of hydrogen-bond acceptors (Lipinski definition) is 4. The first-order valence-corrected chi connectivity index (χ1v) is 7.23. The van der Waals surface area contributed by atoms with Crippen LogP contribution < -0.4 is 5.32 Å². The lowest BCUT2D eigenvalue weighted by Crippen LogP contribution is -2.46. The number of carbonyl (C=O) groups excluding carboxylic acids is 2. The molecule has 7 nitrogen and oxygen atoms in total. The van der Waals surface area contributed by atoms with Gasteiger partial charge in [0.1, 0.15) is 6.04 Å². The maximum absolute atomic E-state index is 12.6. The summed E-state index contributed by atoms with van der Waals surface area (Å²) in [7, 11) is 1.56. The van der Waals surface area contributed by atoms with Crippen LogP contribution in [0.3, 0.4) is 0 Å². The lowest BCUT2D eigenvalue weighted by atomic mass is 10.1. The summed E-state index contributed by atoms with van der Waals surface area (Å²) in [5.74, 6) is -1.74. The number of carboxylic acids is 1.